The van der Waals surface area contributed by atoms with Crippen LogP contribution in [-0.2, 0) is 17.6 Å². The quantitative estimate of drug-likeness (QED) is 0.810. The summed E-state index contributed by atoms with van der Waals surface area (Å²) < 4.78 is 0. The third-order valence-electron chi connectivity index (χ3n) is 2.62. The van der Waals surface area contributed by atoms with Crippen LogP contribution in [0.3, 0.4) is 0 Å². The van der Waals surface area contributed by atoms with Gasteiger partial charge in [-0.2, -0.15) is 0 Å². The largest absolute Gasteiger partial charge is 0.399 e. The Morgan fingerprint density at radius 1 is 1.22 bits per heavy atom. The van der Waals surface area contributed by atoms with Gasteiger partial charge in [0.25, 0.3) is 0 Å². The molecule has 1 heterocycles. The van der Waals surface area contributed by atoms with Crippen LogP contribution >= 0.6 is 11.3 Å². The van der Waals surface area contributed by atoms with Gasteiger partial charge in [-0.25, -0.2) is 0 Å². The standard InChI is InChI=1S/C14H16N2OS/c15-12-5-3-11(4-6-12)10-14(17)16-8-7-13-2-1-9-18-13/h1-6,9H,7-8,10,15H2,(H,16,17). The topological polar surface area (TPSA) is 55.1 Å². The minimum atomic E-state index is 0.0522. The molecule has 94 valence electrons. The van der Waals surface area contributed by atoms with E-state index in [0.29, 0.717) is 13.0 Å². The molecule has 0 bridgehead atoms. The molecule has 1 aromatic carbocycles. The number of carbonyl (C=O) groups is 1. The Bertz CT molecular complexity index is 491. The Kier molecular flexibility index (Phi) is 4.36. The zero-order valence-electron chi connectivity index (χ0n) is 10.1. The Labute approximate surface area is 111 Å². The van der Waals surface area contributed by atoms with E-state index in [9.17, 15) is 4.79 Å². The Hall–Kier alpha value is -1.81. The number of amides is 1. The van der Waals surface area contributed by atoms with Gasteiger partial charge in [0.2, 0.25) is 5.91 Å². The van der Waals surface area contributed by atoms with Gasteiger partial charge >= 0.3 is 0 Å². The average Bonchev–Trinajstić information content (AvgIpc) is 2.85. The van der Waals surface area contributed by atoms with E-state index in [-0.39, 0.29) is 5.91 Å². The highest BCUT2D eigenvalue weighted by Gasteiger charge is 2.03. The maximum atomic E-state index is 11.7. The van der Waals surface area contributed by atoms with E-state index < -0.39 is 0 Å². The summed E-state index contributed by atoms with van der Waals surface area (Å²) in [5.41, 5.74) is 7.30. The highest BCUT2D eigenvalue weighted by atomic mass is 32.1. The van der Waals surface area contributed by atoms with Crippen LogP contribution in [0, 0.1) is 0 Å². The molecule has 0 atom stereocenters. The zero-order chi connectivity index (χ0) is 12.8. The third kappa shape index (κ3) is 3.89. The van der Waals surface area contributed by atoms with Gasteiger partial charge in [-0.05, 0) is 35.6 Å². The molecule has 0 saturated carbocycles. The molecule has 3 nitrogen and oxygen atoms in total. The lowest BCUT2D eigenvalue weighted by Gasteiger charge is -2.04. The number of nitrogens with two attached hydrogens (primary N) is 1. The second kappa shape index (κ2) is 6.21. The van der Waals surface area contributed by atoms with Crippen molar-refractivity contribution in [3.05, 3.63) is 52.2 Å². The number of nitrogen functional groups attached to an aromatic ring is 1. The van der Waals surface area contributed by atoms with Crippen molar-refractivity contribution in [3.63, 3.8) is 0 Å². The van der Waals surface area contributed by atoms with Crippen LogP contribution in [0.4, 0.5) is 5.69 Å². The predicted molar refractivity (Wildman–Crippen MR) is 75.6 cm³/mol. The van der Waals surface area contributed by atoms with Crippen LogP contribution in [0.2, 0.25) is 0 Å². The van der Waals surface area contributed by atoms with E-state index in [2.05, 4.69) is 11.4 Å². The van der Waals surface area contributed by atoms with Gasteiger partial charge in [-0.3, -0.25) is 4.79 Å². The number of carbonyl (C=O) groups excluding carboxylic acids is 1. The van der Waals surface area contributed by atoms with E-state index >= 15 is 0 Å². The van der Waals surface area contributed by atoms with E-state index in [1.165, 1.54) is 4.88 Å². The van der Waals surface area contributed by atoms with Gasteiger partial charge in [0.1, 0.15) is 0 Å². The van der Waals surface area contributed by atoms with Crippen LogP contribution in [0.15, 0.2) is 41.8 Å². The number of nitrogens with one attached hydrogen (secondary N) is 1. The number of hydrogen-bond acceptors (Lipinski definition) is 3. The minimum Gasteiger partial charge on any atom is -0.399 e. The smallest absolute Gasteiger partial charge is 0.224 e. The Balaban J connectivity index is 1.73. The maximum Gasteiger partial charge on any atom is 0.224 e. The highest BCUT2D eigenvalue weighted by molar-refractivity contribution is 7.09. The van der Waals surface area contributed by atoms with Gasteiger partial charge in [0, 0.05) is 17.1 Å². The molecule has 0 aliphatic carbocycles. The molecule has 18 heavy (non-hydrogen) atoms. The Morgan fingerprint density at radius 3 is 2.67 bits per heavy atom. The summed E-state index contributed by atoms with van der Waals surface area (Å²) in [4.78, 5) is 13.0. The molecule has 0 saturated heterocycles. The van der Waals surface area contributed by atoms with Crippen LogP contribution in [0.1, 0.15) is 10.4 Å². The zero-order valence-corrected chi connectivity index (χ0v) is 10.9. The van der Waals surface area contributed by atoms with E-state index in [1.807, 2.05) is 35.7 Å². The van der Waals surface area contributed by atoms with Crippen molar-refractivity contribution < 1.29 is 4.79 Å². The normalized spacial score (nSPS) is 10.2. The fourth-order valence-electron chi connectivity index (χ4n) is 1.66. The van der Waals surface area contributed by atoms with Crippen molar-refractivity contribution in [1.82, 2.24) is 5.32 Å². The van der Waals surface area contributed by atoms with Gasteiger partial charge in [0.15, 0.2) is 0 Å². The molecule has 0 radical (unpaired) electrons. The summed E-state index contributed by atoms with van der Waals surface area (Å²) in [5, 5.41) is 4.97. The van der Waals surface area contributed by atoms with Crippen LogP contribution in [-0.4, -0.2) is 12.5 Å². The summed E-state index contributed by atoms with van der Waals surface area (Å²) >= 11 is 1.71. The number of benzene rings is 1. The fourth-order valence-corrected chi connectivity index (χ4v) is 2.37. The Morgan fingerprint density at radius 2 is 2.00 bits per heavy atom. The fraction of sp³-hybridized carbons (Fsp3) is 0.214. The van der Waals surface area contributed by atoms with Gasteiger partial charge in [0.05, 0.1) is 6.42 Å². The van der Waals surface area contributed by atoms with Crippen molar-refractivity contribution in [1.29, 1.82) is 0 Å². The average molecular weight is 260 g/mol. The summed E-state index contributed by atoms with van der Waals surface area (Å²) in [6.45, 7) is 0.689. The van der Waals surface area contributed by atoms with Crippen LogP contribution in [0.25, 0.3) is 0 Å². The van der Waals surface area contributed by atoms with E-state index in [0.717, 1.165) is 17.7 Å². The first-order chi connectivity index (χ1) is 8.74. The third-order valence-corrected chi connectivity index (χ3v) is 3.55. The number of anilines is 1. The van der Waals surface area contributed by atoms with Crippen LogP contribution < -0.4 is 11.1 Å². The molecule has 2 aromatic rings. The van der Waals surface area contributed by atoms with Crippen molar-refractivity contribution in [2.24, 2.45) is 0 Å². The predicted octanol–water partition coefficient (Wildman–Crippen LogP) is 2.23. The maximum absolute atomic E-state index is 11.7. The van der Waals surface area contributed by atoms with E-state index in [4.69, 9.17) is 5.73 Å². The summed E-state index contributed by atoms with van der Waals surface area (Å²) in [7, 11) is 0. The summed E-state index contributed by atoms with van der Waals surface area (Å²) in [6.07, 6.45) is 1.30. The molecule has 3 N–H and O–H groups in total. The van der Waals surface area contributed by atoms with Crippen molar-refractivity contribution >= 4 is 22.9 Å². The summed E-state index contributed by atoms with van der Waals surface area (Å²) in [5.74, 6) is 0.0522. The lowest BCUT2D eigenvalue weighted by Crippen LogP contribution is -2.27. The molecular weight excluding hydrogens is 244 g/mol. The molecule has 0 unspecified atom stereocenters. The molecule has 1 aromatic heterocycles. The monoisotopic (exact) mass is 260 g/mol. The molecule has 1 amide bonds. The number of rotatable bonds is 5. The lowest BCUT2D eigenvalue weighted by atomic mass is 10.1. The van der Waals surface area contributed by atoms with Crippen LogP contribution in [0.5, 0.6) is 0 Å². The molecule has 2 rings (SSSR count). The lowest BCUT2D eigenvalue weighted by molar-refractivity contribution is -0.120. The number of thiophene rings is 1. The highest BCUT2D eigenvalue weighted by Crippen LogP contribution is 2.08. The second-order valence-corrected chi connectivity index (χ2v) is 5.13. The van der Waals surface area contributed by atoms with Crippen molar-refractivity contribution in [2.75, 3.05) is 12.3 Å². The van der Waals surface area contributed by atoms with Gasteiger partial charge in [-0.15, -0.1) is 11.3 Å². The van der Waals surface area contributed by atoms with Crippen molar-refractivity contribution in [2.45, 2.75) is 12.8 Å². The SMILES string of the molecule is Nc1ccc(CC(=O)NCCc2cccs2)cc1. The molecule has 0 aliphatic heterocycles. The van der Waals surface area contributed by atoms with Gasteiger partial charge < -0.3 is 11.1 Å². The molecule has 0 spiro atoms. The number of hydrogen-bond donors (Lipinski definition) is 2. The molecule has 0 aliphatic rings. The first-order valence-corrected chi connectivity index (χ1v) is 6.75. The molecule has 0 fully saturated rings. The molecular formula is C14H16N2OS. The first-order valence-electron chi connectivity index (χ1n) is 5.87. The van der Waals surface area contributed by atoms with Gasteiger partial charge in [-0.1, -0.05) is 18.2 Å². The second-order valence-electron chi connectivity index (χ2n) is 4.10. The van der Waals surface area contributed by atoms with E-state index in [1.54, 1.807) is 11.3 Å². The minimum absolute atomic E-state index is 0.0522. The first kappa shape index (κ1) is 12.6. The summed E-state index contributed by atoms with van der Waals surface area (Å²) in [6, 6.07) is 11.5. The van der Waals surface area contributed by atoms with Crippen molar-refractivity contribution in [3.8, 4) is 0 Å². The molecule has 4 heteroatoms.